The quantitative estimate of drug-likeness (QED) is 0.870. The third-order valence-corrected chi connectivity index (χ3v) is 3.63. The van der Waals surface area contributed by atoms with Gasteiger partial charge in [-0.05, 0) is 18.9 Å². The molecule has 2 atom stereocenters. The molecule has 1 saturated heterocycles. The molecule has 1 aromatic rings. The van der Waals surface area contributed by atoms with E-state index in [1.807, 2.05) is 18.2 Å². The molecule has 0 saturated carbocycles. The van der Waals surface area contributed by atoms with Crippen LogP contribution in [0.2, 0.25) is 0 Å². The third-order valence-electron chi connectivity index (χ3n) is 3.63. The van der Waals surface area contributed by atoms with Crippen molar-refractivity contribution in [3.63, 3.8) is 0 Å². The molecule has 17 heavy (non-hydrogen) atoms. The van der Waals surface area contributed by atoms with Crippen molar-refractivity contribution < 1.29 is 9.84 Å². The van der Waals surface area contributed by atoms with E-state index in [0.29, 0.717) is 17.9 Å². The van der Waals surface area contributed by atoms with Gasteiger partial charge in [-0.15, -0.1) is 0 Å². The molecule has 1 heterocycles. The van der Waals surface area contributed by atoms with Crippen molar-refractivity contribution in [1.82, 2.24) is 4.90 Å². The Morgan fingerprint density at radius 3 is 2.82 bits per heavy atom. The number of hydrogen-bond donors (Lipinski definition) is 1. The van der Waals surface area contributed by atoms with Crippen molar-refractivity contribution in [2.75, 3.05) is 20.2 Å². The first-order valence-corrected chi connectivity index (χ1v) is 6.31. The fraction of sp³-hybridized carbons (Fsp3) is 0.571. The lowest BCUT2D eigenvalue weighted by Crippen LogP contribution is -2.27. The van der Waals surface area contributed by atoms with Crippen LogP contribution in [0.1, 0.15) is 31.4 Å². The Kier molecular flexibility index (Phi) is 4.02. The zero-order valence-corrected chi connectivity index (χ0v) is 10.6. The maximum Gasteiger partial charge on any atom is 0.120 e. The summed E-state index contributed by atoms with van der Waals surface area (Å²) in [6, 6.07) is 7.94. The molecule has 3 nitrogen and oxygen atoms in total. The summed E-state index contributed by atoms with van der Waals surface area (Å²) in [5.41, 5.74) is 1.03. The molecule has 0 amide bonds. The Hall–Kier alpha value is -1.06. The highest BCUT2D eigenvalue weighted by Gasteiger charge is 2.29. The Balaban J connectivity index is 2.15. The van der Waals surface area contributed by atoms with Crippen molar-refractivity contribution in [1.29, 1.82) is 0 Å². The van der Waals surface area contributed by atoms with Crippen LogP contribution in [-0.4, -0.2) is 36.3 Å². The van der Waals surface area contributed by atoms with Gasteiger partial charge >= 0.3 is 0 Å². The maximum absolute atomic E-state index is 9.94. The van der Waals surface area contributed by atoms with Crippen LogP contribution in [-0.2, 0) is 4.74 Å². The minimum Gasteiger partial charge on any atom is -0.508 e. The topological polar surface area (TPSA) is 32.7 Å². The van der Waals surface area contributed by atoms with Crippen molar-refractivity contribution in [2.45, 2.75) is 31.9 Å². The second kappa shape index (κ2) is 5.52. The second-order valence-electron chi connectivity index (χ2n) is 4.62. The first-order chi connectivity index (χ1) is 8.26. The molecule has 3 heteroatoms. The van der Waals surface area contributed by atoms with Crippen LogP contribution in [0.3, 0.4) is 0 Å². The summed E-state index contributed by atoms with van der Waals surface area (Å²) >= 11 is 0. The molecule has 0 aliphatic carbocycles. The monoisotopic (exact) mass is 235 g/mol. The zero-order chi connectivity index (χ0) is 12.3. The molecule has 2 rings (SSSR count). The number of nitrogens with zero attached hydrogens (tertiary/aromatic N) is 1. The van der Waals surface area contributed by atoms with E-state index >= 15 is 0 Å². The van der Waals surface area contributed by atoms with Crippen molar-refractivity contribution in [2.24, 2.45) is 0 Å². The highest BCUT2D eigenvalue weighted by Crippen LogP contribution is 2.33. The summed E-state index contributed by atoms with van der Waals surface area (Å²) in [6.45, 7) is 4.17. The van der Waals surface area contributed by atoms with Gasteiger partial charge in [-0.25, -0.2) is 0 Å². The molecule has 1 N–H and O–H groups in total. The van der Waals surface area contributed by atoms with Crippen molar-refractivity contribution >= 4 is 0 Å². The molecule has 1 aliphatic rings. The van der Waals surface area contributed by atoms with Gasteiger partial charge in [0.15, 0.2) is 0 Å². The highest BCUT2D eigenvalue weighted by atomic mass is 16.5. The molecule has 1 aliphatic heterocycles. The first kappa shape index (κ1) is 12.4. The molecule has 0 bridgehead atoms. The number of rotatable bonds is 4. The van der Waals surface area contributed by atoms with Crippen LogP contribution in [0.5, 0.6) is 5.75 Å². The van der Waals surface area contributed by atoms with Gasteiger partial charge in [0.05, 0.1) is 6.10 Å². The smallest absolute Gasteiger partial charge is 0.120 e. The number of hydrogen-bond acceptors (Lipinski definition) is 3. The molecule has 1 aromatic carbocycles. The molecule has 0 aromatic heterocycles. The average Bonchev–Trinajstić information content (AvgIpc) is 2.81. The normalized spacial score (nSPS) is 22.8. The number of ether oxygens (including phenoxy) is 1. The van der Waals surface area contributed by atoms with Crippen LogP contribution in [0.25, 0.3) is 0 Å². The van der Waals surface area contributed by atoms with Gasteiger partial charge in [0.2, 0.25) is 0 Å². The summed E-state index contributed by atoms with van der Waals surface area (Å²) in [6.07, 6.45) is 2.43. The third kappa shape index (κ3) is 2.61. The van der Waals surface area contributed by atoms with E-state index in [4.69, 9.17) is 4.74 Å². The van der Waals surface area contributed by atoms with Gasteiger partial charge in [0, 0.05) is 31.8 Å². The van der Waals surface area contributed by atoms with E-state index in [9.17, 15) is 5.11 Å². The predicted molar refractivity (Wildman–Crippen MR) is 68.1 cm³/mol. The maximum atomic E-state index is 9.94. The summed E-state index contributed by atoms with van der Waals surface area (Å²) in [4.78, 5) is 2.41. The lowest BCUT2D eigenvalue weighted by Gasteiger charge is -2.27. The van der Waals surface area contributed by atoms with E-state index < -0.39 is 0 Å². The highest BCUT2D eigenvalue weighted by molar-refractivity contribution is 5.34. The van der Waals surface area contributed by atoms with E-state index in [2.05, 4.69) is 11.8 Å². The van der Waals surface area contributed by atoms with Crippen LogP contribution in [0.4, 0.5) is 0 Å². The Labute approximate surface area is 103 Å². The van der Waals surface area contributed by atoms with E-state index in [-0.39, 0.29) is 0 Å². The predicted octanol–water partition coefficient (Wildman–Crippen LogP) is 2.56. The fourth-order valence-corrected chi connectivity index (χ4v) is 2.67. The van der Waals surface area contributed by atoms with Crippen LogP contribution in [0.15, 0.2) is 24.3 Å². The number of phenolic OH excluding ortho intramolecular Hbond substituents is 1. The van der Waals surface area contributed by atoms with Gasteiger partial charge < -0.3 is 9.84 Å². The van der Waals surface area contributed by atoms with Gasteiger partial charge in [-0.3, -0.25) is 4.90 Å². The molecule has 0 spiro atoms. The molecule has 0 radical (unpaired) electrons. The Morgan fingerprint density at radius 2 is 2.24 bits per heavy atom. The largest absolute Gasteiger partial charge is 0.508 e. The van der Waals surface area contributed by atoms with Crippen molar-refractivity contribution in [3.8, 4) is 5.75 Å². The molecular weight excluding hydrogens is 214 g/mol. The molecule has 1 fully saturated rings. The first-order valence-electron chi connectivity index (χ1n) is 6.31. The second-order valence-corrected chi connectivity index (χ2v) is 4.62. The fourth-order valence-electron chi connectivity index (χ4n) is 2.67. The van der Waals surface area contributed by atoms with E-state index in [1.165, 1.54) is 0 Å². The molecule has 94 valence electrons. The summed E-state index contributed by atoms with van der Waals surface area (Å²) < 4.78 is 5.40. The van der Waals surface area contributed by atoms with Crippen LogP contribution >= 0.6 is 0 Å². The summed E-state index contributed by atoms with van der Waals surface area (Å²) in [7, 11) is 1.77. The number of methoxy groups -OCH3 is 1. The number of aromatic hydroxyl groups is 1. The minimum atomic E-state index is 0.302. The van der Waals surface area contributed by atoms with Gasteiger partial charge in [-0.2, -0.15) is 0 Å². The standard InChI is InChI=1S/C14H21NO2/c1-3-13(12-6-4-5-7-14(12)16)15-9-8-11(10-15)17-2/h4-7,11,13,16H,3,8-10H2,1-2H3. The minimum absolute atomic E-state index is 0.302. The van der Waals surface area contributed by atoms with Crippen molar-refractivity contribution in [3.05, 3.63) is 29.8 Å². The summed E-state index contributed by atoms with van der Waals surface area (Å²) in [5, 5.41) is 9.94. The van der Waals surface area contributed by atoms with Gasteiger partial charge in [0.1, 0.15) is 5.75 Å². The SMILES string of the molecule is CCC(c1ccccc1O)N1CCC(OC)C1. The Bertz CT molecular complexity index is 367. The van der Waals surface area contributed by atoms with E-state index in [0.717, 1.165) is 31.5 Å². The lowest BCUT2D eigenvalue weighted by atomic mass is 10.0. The van der Waals surface area contributed by atoms with Gasteiger partial charge in [0.25, 0.3) is 0 Å². The molecule has 2 unspecified atom stereocenters. The van der Waals surface area contributed by atoms with Crippen LogP contribution < -0.4 is 0 Å². The number of phenols is 1. The van der Waals surface area contributed by atoms with E-state index in [1.54, 1.807) is 13.2 Å². The van der Waals surface area contributed by atoms with Crippen LogP contribution in [0, 0.1) is 0 Å². The number of likely N-dealkylation sites (tertiary alicyclic amines) is 1. The lowest BCUT2D eigenvalue weighted by molar-refractivity contribution is 0.0999. The Morgan fingerprint density at radius 1 is 1.47 bits per heavy atom. The summed E-state index contributed by atoms with van der Waals surface area (Å²) in [5.74, 6) is 0.403. The number of benzene rings is 1. The zero-order valence-electron chi connectivity index (χ0n) is 10.6. The average molecular weight is 235 g/mol. The number of para-hydroxylation sites is 1. The molecular formula is C14H21NO2. The van der Waals surface area contributed by atoms with Gasteiger partial charge in [-0.1, -0.05) is 25.1 Å².